The molecule has 1 aromatic rings. The Labute approximate surface area is 166 Å². The maximum Gasteiger partial charge on any atom is 0.398 e. The highest BCUT2D eigenvalue weighted by atomic mass is 19.4. The van der Waals surface area contributed by atoms with E-state index < -0.39 is 41.8 Å². The van der Waals surface area contributed by atoms with Crippen LogP contribution in [0.4, 0.5) is 17.6 Å². The van der Waals surface area contributed by atoms with Crippen molar-refractivity contribution >= 4 is 11.6 Å². The van der Waals surface area contributed by atoms with Gasteiger partial charge in [-0.1, -0.05) is 6.07 Å². The van der Waals surface area contributed by atoms with Gasteiger partial charge in [0.05, 0.1) is 12.7 Å². The van der Waals surface area contributed by atoms with Crippen LogP contribution in [0.5, 0.6) is 0 Å². The van der Waals surface area contributed by atoms with Gasteiger partial charge in [-0.15, -0.1) is 0 Å². The smallest absolute Gasteiger partial charge is 0.386 e. The zero-order valence-electron chi connectivity index (χ0n) is 16.1. The first-order chi connectivity index (χ1) is 13.6. The number of benzene rings is 1. The minimum absolute atomic E-state index is 0.0756. The summed E-state index contributed by atoms with van der Waals surface area (Å²) >= 11 is 0. The van der Waals surface area contributed by atoms with E-state index >= 15 is 0 Å². The summed E-state index contributed by atoms with van der Waals surface area (Å²) in [5, 5.41) is 0. The molecule has 0 saturated carbocycles. The van der Waals surface area contributed by atoms with Gasteiger partial charge in [0.2, 0.25) is 0 Å². The van der Waals surface area contributed by atoms with Crippen molar-refractivity contribution in [3.8, 4) is 0 Å². The summed E-state index contributed by atoms with van der Waals surface area (Å²) in [4.78, 5) is 16.8. The molecule has 2 aliphatic rings. The van der Waals surface area contributed by atoms with Gasteiger partial charge in [-0.25, -0.2) is 4.39 Å². The van der Waals surface area contributed by atoms with Crippen molar-refractivity contribution in [2.24, 2.45) is 16.6 Å². The Bertz CT molecular complexity index is 790. The summed E-state index contributed by atoms with van der Waals surface area (Å²) in [6.07, 6.45) is -4.87. The number of ketones is 1. The molecule has 3 atom stereocenters. The third-order valence-electron chi connectivity index (χ3n) is 5.32. The minimum atomic E-state index is -4.66. The quantitative estimate of drug-likeness (QED) is 0.723. The molecular weight excluding hydrogens is 392 g/mol. The number of amidine groups is 1. The van der Waals surface area contributed by atoms with Crippen LogP contribution in [-0.4, -0.2) is 43.7 Å². The molecule has 160 valence electrons. The van der Waals surface area contributed by atoms with Crippen LogP contribution in [-0.2, 0) is 26.2 Å². The maximum absolute atomic E-state index is 14.4. The molecule has 2 heterocycles. The topological polar surface area (TPSA) is 73.9 Å². The number of alkyl halides is 3. The van der Waals surface area contributed by atoms with Gasteiger partial charge in [-0.3, -0.25) is 9.79 Å². The monoisotopic (exact) mass is 416 g/mol. The number of carbonyl (C=O) groups excluding carboxylic acids is 1. The fraction of sp³-hybridized carbons (Fsp3) is 0.600. The average Bonchev–Trinajstić information content (AvgIpc) is 3.13. The van der Waals surface area contributed by atoms with E-state index in [0.717, 1.165) is 6.07 Å². The summed E-state index contributed by atoms with van der Waals surface area (Å²) in [7, 11) is 0. The lowest BCUT2D eigenvalue weighted by Crippen LogP contribution is -2.38. The summed E-state index contributed by atoms with van der Waals surface area (Å²) in [5.74, 6) is -3.45. The van der Waals surface area contributed by atoms with Crippen LogP contribution in [0.2, 0.25) is 0 Å². The molecule has 0 radical (unpaired) electrons. The van der Waals surface area contributed by atoms with Crippen LogP contribution < -0.4 is 5.73 Å². The number of carbonyl (C=O) groups is 1. The zero-order chi connectivity index (χ0) is 21.2. The van der Waals surface area contributed by atoms with E-state index in [-0.39, 0.29) is 36.6 Å². The first kappa shape index (κ1) is 21.7. The molecule has 29 heavy (non-hydrogen) atoms. The van der Waals surface area contributed by atoms with Crippen molar-refractivity contribution in [3.63, 3.8) is 0 Å². The van der Waals surface area contributed by atoms with Gasteiger partial charge in [0.25, 0.3) is 0 Å². The Kier molecular flexibility index (Phi) is 6.28. The second-order valence-electron chi connectivity index (χ2n) is 7.79. The molecule has 2 unspecified atom stereocenters. The molecule has 3 rings (SSSR count). The first-order valence-electron chi connectivity index (χ1n) is 9.50. The van der Waals surface area contributed by atoms with E-state index in [1.807, 2.05) is 0 Å². The number of nitrogens with zero attached hydrogens (tertiary/aromatic N) is 1. The molecule has 9 heteroatoms. The molecule has 0 aliphatic carbocycles. The Morgan fingerprint density at radius 1 is 1.41 bits per heavy atom. The third kappa shape index (κ3) is 5.14. The molecule has 0 aromatic heterocycles. The summed E-state index contributed by atoms with van der Waals surface area (Å²) in [5.41, 5.74) is 5.01. The number of nitrogens with two attached hydrogens (primary N) is 1. The fourth-order valence-corrected chi connectivity index (χ4v) is 3.83. The van der Waals surface area contributed by atoms with Gasteiger partial charge >= 0.3 is 6.18 Å². The number of rotatable bonds is 6. The molecule has 2 N–H and O–H groups in total. The number of hydrogen-bond donors (Lipinski definition) is 1. The Morgan fingerprint density at radius 3 is 2.79 bits per heavy atom. The molecule has 0 bridgehead atoms. The second-order valence-corrected chi connectivity index (χ2v) is 7.79. The Morgan fingerprint density at radius 2 is 2.17 bits per heavy atom. The molecule has 1 aromatic carbocycles. The Balaban J connectivity index is 1.81. The van der Waals surface area contributed by atoms with Crippen molar-refractivity contribution < 1.29 is 31.8 Å². The lowest BCUT2D eigenvalue weighted by atomic mass is 9.87. The van der Waals surface area contributed by atoms with Crippen LogP contribution in [0.1, 0.15) is 37.3 Å². The lowest BCUT2D eigenvalue weighted by Gasteiger charge is -2.30. The molecule has 1 fully saturated rings. The van der Waals surface area contributed by atoms with E-state index in [1.54, 1.807) is 6.92 Å². The summed E-state index contributed by atoms with van der Waals surface area (Å²) in [6.45, 7) is 2.24. The maximum atomic E-state index is 14.4. The number of ether oxygens (including phenoxy) is 2. The minimum Gasteiger partial charge on any atom is -0.386 e. The van der Waals surface area contributed by atoms with Crippen LogP contribution in [0.25, 0.3) is 0 Å². The van der Waals surface area contributed by atoms with Crippen molar-refractivity contribution in [3.05, 3.63) is 35.1 Å². The van der Waals surface area contributed by atoms with E-state index in [1.165, 1.54) is 12.1 Å². The molecular formula is C20H24F4N2O3. The normalized spacial score (nSPS) is 26.2. The summed E-state index contributed by atoms with van der Waals surface area (Å²) in [6, 6.07) is 3.82. The molecule has 0 spiro atoms. The summed E-state index contributed by atoms with van der Waals surface area (Å²) < 4.78 is 65.5. The van der Waals surface area contributed by atoms with E-state index in [4.69, 9.17) is 15.2 Å². The highest BCUT2D eigenvalue weighted by Crippen LogP contribution is 2.35. The molecule has 5 nitrogen and oxygen atoms in total. The van der Waals surface area contributed by atoms with Gasteiger partial charge in [-0.2, -0.15) is 13.2 Å². The highest BCUT2D eigenvalue weighted by molar-refractivity contribution is 5.84. The fourth-order valence-electron chi connectivity index (χ4n) is 3.83. The zero-order valence-corrected chi connectivity index (χ0v) is 16.1. The number of Topliss-reactive ketones (excluding diaryl/α,β-unsaturated/α-hetero) is 1. The Hall–Kier alpha value is -2.00. The van der Waals surface area contributed by atoms with E-state index in [2.05, 4.69) is 4.99 Å². The van der Waals surface area contributed by atoms with Gasteiger partial charge in [0, 0.05) is 18.6 Å². The van der Waals surface area contributed by atoms with Gasteiger partial charge in [0.1, 0.15) is 35.5 Å². The second kappa shape index (κ2) is 8.39. The third-order valence-corrected chi connectivity index (χ3v) is 5.32. The van der Waals surface area contributed by atoms with Crippen molar-refractivity contribution in [2.45, 2.75) is 50.4 Å². The van der Waals surface area contributed by atoms with Crippen molar-refractivity contribution in [1.82, 2.24) is 0 Å². The predicted octanol–water partition coefficient (Wildman–Crippen LogP) is 3.29. The molecule has 2 aliphatic heterocycles. The van der Waals surface area contributed by atoms with Crippen molar-refractivity contribution in [2.75, 3.05) is 19.8 Å². The molecule has 0 amide bonds. The SMILES string of the molecule is C[C@@]1(c2cc(CC(=O)C(CC3CCCO3)C(F)(F)F)ccc2F)COCC(N)=N1. The van der Waals surface area contributed by atoms with E-state index in [9.17, 15) is 22.4 Å². The van der Waals surface area contributed by atoms with Gasteiger partial charge < -0.3 is 15.2 Å². The molecule has 1 saturated heterocycles. The van der Waals surface area contributed by atoms with Crippen molar-refractivity contribution in [1.29, 1.82) is 0 Å². The van der Waals surface area contributed by atoms with Crippen LogP contribution in [0, 0.1) is 11.7 Å². The standard InChI is InChI=1S/C20H24F4N2O3/c1-19(11-28-10-18(25)26-19)14-7-12(4-5-16(14)21)8-17(27)15(20(22,23)24)9-13-3-2-6-29-13/h4-5,7,13,15H,2-3,6,8-11H2,1H3,(H2,25,26)/t13?,15?,19-/m0/s1. The predicted molar refractivity (Wildman–Crippen MR) is 98.0 cm³/mol. The van der Waals surface area contributed by atoms with Crippen LogP contribution in [0.15, 0.2) is 23.2 Å². The first-order valence-corrected chi connectivity index (χ1v) is 9.50. The van der Waals surface area contributed by atoms with E-state index in [0.29, 0.717) is 19.4 Å². The largest absolute Gasteiger partial charge is 0.398 e. The van der Waals surface area contributed by atoms with Gasteiger partial charge in [0.15, 0.2) is 0 Å². The number of aliphatic imine (C=N–C) groups is 1. The van der Waals surface area contributed by atoms with Gasteiger partial charge in [-0.05, 0) is 43.9 Å². The van der Waals surface area contributed by atoms with Crippen LogP contribution >= 0.6 is 0 Å². The lowest BCUT2D eigenvalue weighted by molar-refractivity contribution is -0.186. The van der Waals surface area contributed by atoms with Crippen LogP contribution in [0.3, 0.4) is 0 Å². The highest BCUT2D eigenvalue weighted by Gasteiger charge is 2.46. The number of halogens is 4. The number of hydrogen-bond acceptors (Lipinski definition) is 5. The average molecular weight is 416 g/mol.